The number of amides is 1. The van der Waals surface area contributed by atoms with Crippen LogP contribution in [0.2, 0.25) is 0 Å². The van der Waals surface area contributed by atoms with Crippen molar-refractivity contribution in [3.63, 3.8) is 0 Å². The van der Waals surface area contributed by atoms with Crippen molar-refractivity contribution >= 4 is 54.2 Å². The monoisotopic (exact) mass is 532 g/mol. The molecule has 2 aliphatic heterocycles. The van der Waals surface area contributed by atoms with E-state index in [1.165, 1.54) is 69.1 Å². The van der Waals surface area contributed by atoms with Crippen LogP contribution in [0.15, 0.2) is 64.7 Å². The van der Waals surface area contributed by atoms with Gasteiger partial charge in [-0.15, -0.1) is 24.8 Å². The molecule has 1 N–H and O–H groups in total. The number of aromatic nitrogens is 2. The van der Waals surface area contributed by atoms with Crippen LogP contribution in [0, 0.1) is 5.92 Å². The lowest BCUT2D eigenvalue weighted by Crippen LogP contribution is -2.35. The molecule has 2 aromatic heterocycles. The Morgan fingerprint density at radius 2 is 1.83 bits per heavy atom. The number of pyridine rings is 1. The van der Waals surface area contributed by atoms with Crippen LogP contribution in [-0.2, 0) is 11.2 Å². The Kier molecular flexibility index (Phi) is 10.5. The molecule has 8 heteroatoms. The fourth-order valence-electron chi connectivity index (χ4n) is 4.93. The summed E-state index contributed by atoms with van der Waals surface area (Å²) in [4.78, 5) is 20.5. The first kappa shape index (κ1) is 27.6. The van der Waals surface area contributed by atoms with Gasteiger partial charge < -0.3 is 10.2 Å². The van der Waals surface area contributed by atoms with Crippen LogP contribution < -0.4 is 5.32 Å². The van der Waals surface area contributed by atoms with Gasteiger partial charge in [0.25, 0.3) is 5.91 Å². The smallest absolute Gasteiger partial charge is 0.258 e. The normalized spacial score (nSPS) is 15.7. The largest absolute Gasteiger partial charge is 0.352 e. The molecule has 3 aromatic rings. The highest BCUT2D eigenvalue weighted by Gasteiger charge is 2.21. The number of nitrogens with one attached hydrogen (secondary N) is 1. The number of likely N-dealkylation sites (tertiary alicyclic amines) is 1. The van der Waals surface area contributed by atoms with E-state index in [9.17, 15) is 4.79 Å². The maximum atomic E-state index is 12.7. The molecule has 4 heterocycles. The van der Waals surface area contributed by atoms with E-state index in [0.717, 1.165) is 40.2 Å². The average molecular weight is 534 g/mol. The van der Waals surface area contributed by atoms with Gasteiger partial charge in [0.15, 0.2) is 0 Å². The molecule has 0 aliphatic carbocycles. The first-order valence-corrected chi connectivity index (χ1v) is 13.0. The number of imidazole rings is 1. The standard InChI is InChI=1S/C27H32N4OS.2ClH/c32-27(24-19-23-20-29-25-11-4-12-26(33-24)31(23)25)28-15-5-9-22-13-17-30(18-14-22)16-6-10-21-7-2-1-3-8-21;;/h1-4,7-8,11-12,19-20,22H,5-6,9-10,13-18H2,(H,28,32);2*1H. The molecule has 0 unspecified atom stereocenters. The molecule has 0 radical (unpaired) electrons. The lowest BCUT2D eigenvalue weighted by Gasteiger charge is -2.32. The molecule has 1 fully saturated rings. The van der Waals surface area contributed by atoms with E-state index in [-0.39, 0.29) is 30.7 Å². The Balaban J connectivity index is 0.00000171. The average Bonchev–Trinajstić information content (AvgIpc) is 3.28. The van der Waals surface area contributed by atoms with Crippen molar-refractivity contribution < 1.29 is 4.79 Å². The minimum absolute atomic E-state index is 0. The van der Waals surface area contributed by atoms with Gasteiger partial charge in [0.1, 0.15) is 5.65 Å². The number of thioether (sulfide) groups is 1. The van der Waals surface area contributed by atoms with Crippen LogP contribution in [-0.4, -0.2) is 46.4 Å². The molecule has 0 spiro atoms. The van der Waals surface area contributed by atoms with Crippen LogP contribution in [0.3, 0.4) is 0 Å². The van der Waals surface area contributed by atoms with Gasteiger partial charge in [0, 0.05) is 6.54 Å². The third-order valence-corrected chi connectivity index (χ3v) is 7.85. The maximum Gasteiger partial charge on any atom is 0.258 e. The molecule has 1 saturated heterocycles. The fraction of sp³-hybridized carbons (Fsp3) is 0.407. The molecular weight excluding hydrogens is 499 g/mol. The SMILES string of the molecule is Cl.Cl.O=C(NCCCC1CCN(CCCc2ccccc2)CC1)C1=Cc2cnc3cccc(n23)S1. The van der Waals surface area contributed by atoms with Crippen molar-refractivity contribution in [3.8, 4) is 0 Å². The third kappa shape index (κ3) is 7.04. The quantitative estimate of drug-likeness (QED) is 0.350. The highest BCUT2D eigenvalue weighted by Crippen LogP contribution is 2.34. The fourth-order valence-corrected chi connectivity index (χ4v) is 5.94. The van der Waals surface area contributed by atoms with Gasteiger partial charge in [0.2, 0.25) is 0 Å². The number of halogens is 2. The van der Waals surface area contributed by atoms with Crippen molar-refractivity contribution in [3.05, 3.63) is 70.9 Å². The number of hydrogen-bond acceptors (Lipinski definition) is 4. The second kappa shape index (κ2) is 13.4. The van der Waals surface area contributed by atoms with Crippen LogP contribution in [0.5, 0.6) is 0 Å². The van der Waals surface area contributed by atoms with Crippen LogP contribution in [0.4, 0.5) is 0 Å². The maximum absolute atomic E-state index is 12.7. The zero-order chi connectivity index (χ0) is 22.5. The van der Waals surface area contributed by atoms with E-state index < -0.39 is 0 Å². The zero-order valence-electron chi connectivity index (χ0n) is 19.9. The Hall–Kier alpha value is -1.99. The molecule has 1 amide bonds. The summed E-state index contributed by atoms with van der Waals surface area (Å²) in [6.45, 7) is 4.39. The Labute approximate surface area is 224 Å². The predicted molar refractivity (Wildman–Crippen MR) is 150 cm³/mol. The van der Waals surface area contributed by atoms with Crippen LogP contribution >= 0.6 is 36.6 Å². The molecule has 0 bridgehead atoms. The number of benzene rings is 1. The van der Waals surface area contributed by atoms with E-state index in [1.54, 1.807) is 0 Å². The van der Waals surface area contributed by atoms with Gasteiger partial charge in [-0.3, -0.25) is 9.20 Å². The number of carbonyl (C=O) groups excluding carboxylic acids is 1. The van der Waals surface area contributed by atoms with Gasteiger partial charge in [0.05, 0.1) is 21.8 Å². The second-order valence-electron chi connectivity index (χ2n) is 9.12. The minimum atomic E-state index is 0. The second-order valence-corrected chi connectivity index (χ2v) is 10.2. The third-order valence-electron chi connectivity index (χ3n) is 6.80. The van der Waals surface area contributed by atoms with Crippen molar-refractivity contribution in [2.75, 3.05) is 26.2 Å². The molecule has 35 heavy (non-hydrogen) atoms. The van der Waals surface area contributed by atoms with E-state index in [4.69, 9.17) is 0 Å². The topological polar surface area (TPSA) is 49.6 Å². The summed E-state index contributed by atoms with van der Waals surface area (Å²) in [5.41, 5.74) is 3.34. The lowest BCUT2D eigenvalue weighted by molar-refractivity contribution is -0.116. The molecule has 188 valence electrons. The molecule has 2 aliphatic rings. The summed E-state index contributed by atoms with van der Waals surface area (Å²) in [6.07, 6.45) is 11.0. The highest BCUT2D eigenvalue weighted by molar-refractivity contribution is 8.04. The number of carbonyl (C=O) groups is 1. The van der Waals surface area contributed by atoms with Crippen molar-refractivity contribution in [2.24, 2.45) is 5.92 Å². The van der Waals surface area contributed by atoms with Crippen LogP contribution in [0.1, 0.15) is 43.4 Å². The summed E-state index contributed by atoms with van der Waals surface area (Å²) in [5.74, 6) is 0.820. The minimum Gasteiger partial charge on any atom is -0.352 e. The molecule has 0 atom stereocenters. The number of hydrogen-bond donors (Lipinski definition) is 1. The Morgan fingerprint density at radius 1 is 1.03 bits per heavy atom. The summed E-state index contributed by atoms with van der Waals surface area (Å²) in [6, 6.07) is 16.8. The molecule has 0 saturated carbocycles. The Morgan fingerprint density at radius 3 is 2.63 bits per heavy atom. The van der Waals surface area contributed by atoms with Crippen molar-refractivity contribution in [1.82, 2.24) is 19.6 Å². The number of rotatable bonds is 9. The van der Waals surface area contributed by atoms with E-state index in [1.807, 2.05) is 30.5 Å². The van der Waals surface area contributed by atoms with Gasteiger partial charge in [-0.25, -0.2) is 4.98 Å². The van der Waals surface area contributed by atoms with Gasteiger partial charge in [-0.2, -0.15) is 0 Å². The van der Waals surface area contributed by atoms with Gasteiger partial charge >= 0.3 is 0 Å². The van der Waals surface area contributed by atoms with E-state index in [0.29, 0.717) is 0 Å². The van der Waals surface area contributed by atoms with Crippen LogP contribution in [0.25, 0.3) is 11.7 Å². The first-order valence-electron chi connectivity index (χ1n) is 12.2. The molecule has 5 nitrogen and oxygen atoms in total. The summed E-state index contributed by atoms with van der Waals surface area (Å²) >= 11 is 1.52. The predicted octanol–water partition coefficient (Wildman–Crippen LogP) is 5.87. The number of aryl methyl sites for hydroxylation is 1. The van der Waals surface area contributed by atoms with Crippen molar-refractivity contribution in [1.29, 1.82) is 0 Å². The number of nitrogens with zero attached hydrogens (tertiary/aromatic N) is 3. The first-order chi connectivity index (χ1) is 16.3. The number of piperidine rings is 1. The Bertz CT molecular complexity index is 1130. The lowest BCUT2D eigenvalue weighted by atomic mass is 9.92. The summed E-state index contributed by atoms with van der Waals surface area (Å²) in [7, 11) is 0. The zero-order valence-corrected chi connectivity index (χ0v) is 22.3. The van der Waals surface area contributed by atoms with Gasteiger partial charge in [-0.05, 0) is 87.8 Å². The molecular formula is C27H34Cl2N4OS. The van der Waals surface area contributed by atoms with Gasteiger partial charge in [-0.1, -0.05) is 48.2 Å². The van der Waals surface area contributed by atoms with E-state index in [2.05, 4.69) is 49.9 Å². The summed E-state index contributed by atoms with van der Waals surface area (Å²) in [5, 5.41) is 4.18. The van der Waals surface area contributed by atoms with Crippen molar-refractivity contribution in [2.45, 2.75) is 43.6 Å². The highest BCUT2D eigenvalue weighted by atomic mass is 35.5. The van der Waals surface area contributed by atoms with E-state index >= 15 is 0 Å². The summed E-state index contributed by atoms with van der Waals surface area (Å²) < 4.78 is 2.09. The molecule has 1 aromatic carbocycles. The molecule has 5 rings (SSSR count).